The fourth-order valence-corrected chi connectivity index (χ4v) is 0.592. The summed E-state index contributed by atoms with van der Waals surface area (Å²) < 4.78 is 120. The summed E-state index contributed by atoms with van der Waals surface area (Å²) in [5.74, 6) is -25.8. The summed E-state index contributed by atoms with van der Waals surface area (Å²) in [5, 5.41) is 0. The van der Waals surface area contributed by atoms with Gasteiger partial charge in [-0.3, -0.25) is 0 Å². The molecule has 0 nitrogen and oxygen atoms in total. The van der Waals surface area contributed by atoms with Crippen molar-refractivity contribution in [3.63, 3.8) is 0 Å². The Bertz CT molecular complexity index is 249. The van der Waals surface area contributed by atoms with E-state index in [1.807, 2.05) is 0 Å². The van der Waals surface area contributed by atoms with E-state index in [0.717, 1.165) is 0 Å². The molecule has 0 aliphatic rings. The summed E-state index contributed by atoms with van der Waals surface area (Å²) >= 11 is 0. The van der Waals surface area contributed by atoms with Gasteiger partial charge in [0.05, 0.1) is 0 Å². The van der Waals surface area contributed by atoms with Crippen molar-refractivity contribution in [2.45, 2.75) is 30.6 Å². The first-order chi connectivity index (χ1) is 6.69. The SMILES string of the molecule is CC(F)(F)C(F)(F)C(F)(F)C(F)(F)[C](F)F. The number of hydrogen-bond donors (Lipinski definition) is 0. The van der Waals surface area contributed by atoms with Gasteiger partial charge in [0.2, 0.25) is 0 Å². The van der Waals surface area contributed by atoms with Gasteiger partial charge in [0.15, 0.2) is 0 Å². The van der Waals surface area contributed by atoms with Crippen molar-refractivity contribution in [3.05, 3.63) is 6.43 Å². The van der Waals surface area contributed by atoms with Crippen molar-refractivity contribution >= 4 is 0 Å². The van der Waals surface area contributed by atoms with Crippen LogP contribution in [0.3, 0.4) is 0 Å². The first kappa shape index (κ1) is 15.3. The third kappa shape index (κ3) is 1.93. The second-order valence-electron chi connectivity index (χ2n) is 2.87. The Morgan fingerprint density at radius 3 is 1.19 bits per heavy atom. The largest absolute Gasteiger partial charge is 0.385 e. The van der Waals surface area contributed by atoms with Gasteiger partial charge < -0.3 is 0 Å². The Morgan fingerprint density at radius 1 is 0.688 bits per heavy atom. The Hall–Kier alpha value is -0.700. The van der Waals surface area contributed by atoms with E-state index in [9.17, 15) is 43.9 Å². The maximum absolute atomic E-state index is 12.2. The molecule has 0 aromatic carbocycles. The predicted octanol–water partition coefficient (Wildman–Crippen LogP) is 3.98. The summed E-state index contributed by atoms with van der Waals surface area (Å²) in [4.78, 5) is 0. The topological polar surface area (TPSA) is 0 Å². The van der Waals surface area contributed by atoms with Crippen LogP contribution in [0.1, 0.15) is 6.92 Å². The Labute approximate surface area is 82.2 Å². The average Bonchev–Trinajstić information content (AvgIpc) is 2.00. The maximum atomic E-state index is 12.2. The highest BCUT2D eigenvalue weighted by molar-refractivity contribution is 5.07. The lowest BCUT2D eigenvalue weighted by Gasteiger charge is -2.34. The lowest BCUT2D eigenvalue weighted by Crippen LogP contribution is -2.62. The van der Waals surface area contributed by atoms with Gasteiger partial charge in [-0.2, -0.15) is 43.9 Å². The van der Waals surface area contributed by atoms with E-state index < -0.39 is 37.0 Å². The maximum Gasteiger partial charge on any atom is 0.385 e. The third-order valence-electron chi connectivity index (χ3n) is 1.58. The molecule has 0 heterocycles. The van der Waals surface area contributed by atoms with Crippen LogP contribution < -0.4 is 0 Å². The molecule has 0 rings (SSSR count). The Balaban J connectivity index is 5.53. The summed E-state index contributed by atoms with van der Waals surface area (Å²) in [6.45, 7) is -0.785. The Morgan fingerprint density at radius 2 is 1.00 bits per heavy atom. The van der Waals surface area contributed by atoms with Gasteiger partial charge in [0, 0.05) is 6.92 Å². The molecular weight excluding hydrogens is 262 g/mol. The van der Waals surface area contributed by atoms with Gasteiger partial charge in [-0.1, -0.05) is 0 Å². The zero-order chi connectivity index (χ0) is 13.6. The minimum atomic E-state index is -6.91. The molecular formula is C6H3F10. The molecule has 0 fully saturated rings. The van der Waals surface area contributed by atoms with Crippen molar-refractivity contribution in [2.24, 2.45) is 0 Å². The van der Waals surface area contributed by atoms with E-state index >= 15 is 0 Å². The third-order valence-corrected chi connectivity index (χ3v) is 1.58. The first-order valence-electron chi connectivity index (χ1n) is 3.39. The zero-order valence-corrected chi connectivity index (χ0v) is 7.28. The summed E-state index contributed by atoms with van der Waals surface area (Å²) in [5.41, 5.74) is 0. The molecule has 97 valence electrons. The minimum Gasteiger partial charge on any atom is -0.200 e. The highest BCUT2D eigenvalue weighted by Crippen LogP contribution is 2.55. The van der Waals surface area contributed by atoms with Crippen LogP contribution in [0.4, 0.5) is 43.9 Å². The molecule has 0 atom stereocenters. The van der Waals surface area contributed by atoms with Gasteiger partial charge in [0.25, 0.3) is 0 Å². The highest BCUT2D eigenvalue weighted by Gasteiger charge is 2.82. The molecule has 0 aromatic heterocycles. The molecule has 0 spiro atoms. The Kier molecular flexibility index (Phi) is 3.50. The second-order valence-corrected chi connectivity index (χ2v) is 2.87. The molecule has 10 heteroatoms. The molecule has 0 N–H and O–H groups in total. The second kappa shape index (κ2) is 3.66. The molecule has 0 saturated carbocycles. The molecule has 0 aliphatic carbocycles. The van der Waals surface area contributed by atoms with E-state index in [1.165, 1.54) is 0 Å². The van der Waals surface area contributed by atoms with E-state index in [1.54, 1.807) is 0 Å². The number of halogens is 10. The lowest BCUT2D eigenvalue weighted by atomic mass is 10.00. The molecule has 0 aliphatic heterocycles. The van der Waals surface area contributed by atoms with E-state index in [4.69, 9.17) is 0 Å². The first-order valence-corrected chi connectivity index (χ1v) is 3.39. The van der Waals surface area contributed by atoms with Crippen molar-refractivity contribution in [3.8, 4) is 0 Å². The van der Waals surface area contributed by atoms with Crippen molar-refractivity contribution in [2.75, 3.05) is 0 Å². The lowest BCUT2D eigenvalue weighted by molar-refractivity contribution is -0.366. The van der Waals surface area contributed by atoms with Crippen LogP contribution in [0.5, 0.6) is 0 Å². The quantitative estimate of drug-likeness (QED) is 0.674. The molecule has 0 saturated heterocycles. The standard InChI is InChI=1S/C6H3F10/c1-3(9,10)5(13,14)6(15,16)4(11,12)2(7)8/h1H3. The number of rotatable bonds is 4. The van der Waals surface area contributed by atoms with Gasteiger partial charge in [0.1, 0.15) is 0 Å². The van der Waals surface area contributed by atoms with Gasteiger partial charge in [-0.15, -0.1) is 0 Å². The molecule has 16 heavy (non-hydrogen) atoms. The van der Waals surface area contributed by atoms with Crippen molar-refractivity contribution in [1.29, 1.82) is 0 Å². The van der Waals surface area contributed by atoms with Crippen LogP contribution >= 0.6 is 0 Å². The van der Waals surface area contributed by atoms with Crippen LogP contribution in [-0.4, -0.2) is 23.7 Å². The van der Waals surface area contributed by atoms with E-state index in [2.05, 4.69) is 0 Å². The molecule has 1 radical (unpaired) electrons. The number of hydrogen-bond acceptors (Lipinski definition) is 0. The average molecular weight is 265 g/mol. The predicted molar refractivity (Wildman–Crippen MR) is 30.9 cm³/mol. The molecule has 0 bridgehead atoms. The summed E-state index contributed by atoms with van der Waals surface area (Å²) in [6, 6.07) is 0. The normalized spacial score (nSPS) is 15.8. The van der Waals surface area contributed by atoms with Crippen LogP contribution in [0, 0.1) is 6.43 Å². The van der Waals surface area contributed by atoms with E-state index in [0.29, 0.717) is 0 Å². The van der Waals surface area contributed by atoms with Crippen molar-refractivity contribution < 1.29 is 43.9 Å². The van der Waals surface area contributed by atoms with Crippen LogP contribution in [0.15, 0.2) is 0 Å². The summed E-state index contributed by atoms with van der Waals surface area (Å²) in [7, 11) is 0. The molecule has 0 aromatic rings. The summed E-state index contributed by atoms with van der Waals surface area (Å²) in [6.07, 6.45) is -4.37. The smallest absolute Gasteiger partial charge is 0.200 e. The molecule has 0 amide bonds. The van der Waals surface area contributed by atoms with Gasteiger partial charge in [-0.05, 0) is 0 Å². The van der Waals surface area contributed by atoms with E-state index in [-0.39, 0.29) is 0 Å². The fourth-order valence-electron chi connectivity index (χ4n) is 0.592. The van der Waals surface area contributed by atoms with Crippen LogP contribution in [0.25, 0.3) is 0 Å². The molecule has 0 unspecified atom stereocenters. The minimum absolute atomic E-state index is 0.785. The zero-order valence-electron chi connectivity index (χ0n) is 7.28. The van der Waals surface area contributed by atoms with Gasteiger partial charge in [-0.25, -0.2) is 0 Å². The highest BCUT2D eigenvalue weighted by atomic mass is 19.4. The number of alkyl halides is 8. The van der Waals surface area contributed by atoms with Crippen LogP contribution in [-0.2, 0) is 0 Å². The van der Waals surface area contributed by atoms with Crippen LogP contribution in [0.2, 0.25) is 0 Å². The van der Waals surface area contributed by atoms with Crippen molar-refractivity contribution in [1.82, 2.24) is 0 Å². The van der Waals surface area contributed by atoms with Gasteiger partial charge >= 0.3 is 30.1 Å². The monoisotopic (exact) mass is 265 g/mol. The fraction of sp³-hybridized carbons (Fsp3) is 0.833.